The molecule has 0 spiro atoms. The number of halogens is 1. The minimum atomic E-state index is 0.0760. The maximum absolute atomic E-state index is 5.75. The molecule has 0 radical (unpaired) electrons. The van der Waals surface area contributed by atoms with Crippen LogP contribution in [0.2, 0.25) is 5.28 Å². The van der Waals surface area contributed by atoms with Crippen molar-refractivity contribution < 1.29 is 4.74 Å². The molecule has 92 valence electrons. The van der Waals surface area contributed by atoms with E-state index in [1.807, 2.05) is 24.3 Å². The average molecular weight is 263 g/mol. The van der Waals surface area contributed by atoms with E-state index in [1.165, 1.54) is 7.11 Å². The van der Waals surface area contributed by atoms with Crippen LogP contribution >= 0.6 is 11.6 Å². The van der Waals surface area contributed by atoms with Crippen molar-refractivity contribution in [1.82, 2.24) is 15.0 Å². The molecule has 0 aliphatic rings. The van der Waals surface area contributed by atoms with Crippen molar-refractivity contribution in [2.24, 2.45) is 0 Å². The second kappa shape index (κ2) is 5.46. The molecule has 0 aliphatic heterocycles. The Balaban J connectivity index is 2.21. The van der Waals surface area contributed by atoms with E-state index in [4.69, 9.17) is 16.3 Å². The summed E-state index contributed by atoms with van der Waals surface area (Å²) in [5, 5.41) is 3.09. The Morgan fingerprint density at radius 3 is 2.56 bits per heavy atom. The van der Waals surface area contributed by atoms with E-state index in [9.17, 15) is 0 Å². The molecule has 5 nitrogen and oxygen atoms in total. The minimum Gasteiger partial charge on any atom is -0.467 e. The number of ether oxygens (including phenoxy) is 1. The first-order chi connectivity index (χ1) is 8.71. The van der Waals surface area contributed by atoms with E-state index in [0.717, 1.165) is 11.3 Å². The van der Waals surface area contributed by atoms with Crippen molar-refractivity contribution in [3.63, 3.8) is 0 Å². The topological polar surface area (TPSA) is 59.9 Å². The lowest BCUT2D eigenvalue weighted by atomic mass is 10.2. The van der Waals surface area contributed by atoms with E-state index in [0.29, 0.717) is 5.95 Å². The van der Waals surface area contributed by atoms with Gasteiger partial charge in [-0.05, 0) is 29.3 Å². The molecule has 0 bridgehead atoms. The monoisotopic (exact) mass is 262 g/mol. The van der Waals surface area contributed by atoms with Crippen molar-refractivity contribution in [2.45, 2.75) is 0 Å². The number of hydrogen-bond acceptors (Lipinski definition) is 5. The van der Waals surface area contributed by atoms with Gasteiger partial charge >= 0.3 is 6.01 Å². The fourth-order valence-electron chi connectivity index (χ4n) is 1.31. The Bertz CT molecular complexity index is 557. The summed E-state index contributed by atoms with van der Waals surface area (Å²) < 4.78 is 4.91. The fourth-order valence-corrected chi connectivity index (χ4v) is 1.46. The van der Waals surface area contributed by atoms with Crippen LogP contribution in [0.15, 0.2) is 30.8 Å². The molecule has 0 unspecified atom stereocenters. The molecule has 0 atom stereocenters. The highest BCUT2D eigenvalue weighted by Crippen LogP contribution is 2.17. The van der Waals surface area contributed by atoms with Gasteiger partial charge in [-0.2, -0.15) is 15.0 Å². The Morgan fingerprint density at radius 1 is 1.22 bits per heavy atom. The molecule has 1 aromatic carbocycles. The lowest BCUT2D eigenvalue weighted by Crippen LogP contribution is -2.01. The van der Waals surface area contributed by atoms with Gasteiger partial charge in [-0.3, -0.25) is 0 Å². The third-order valence-corrected chi connectivity index (χ3v) is 2.34. The Morgan fingerprint density at radius 2 is 1.94 bits per heavy atom. The summed E-state index contributed by atoms with van der Waals surface area (Å²) in [5.41, 5.74) is 1.87. The van der Waals surface area contributed by atoms with Gasteiger partial charge in [0.25, 0.3) is 0 Å². The molecule has 2 rings (SSSR count). The highest BCUT2D eigenvalue weighted by molar-refractivity contribution is 6.28. The molecule has 6 heteroatoms. The van der Waals surface area contributed by atoms with Gasteiger partial charge in [0.05, 0.1) is 7.11 Å². The van der Waals surface area contributed by atoms with Crippen molar-refractivity contribution in [1.29, 1.82) is 0 Å². The lowest BCUT2D eigenvalue weighted by molar-refractivity contribution is 0.379. The largest absolute Gasteiger partial charge is 0.467 e. The van der Waals surface area contributed by atoms with E-state index in [2.05, 4.69) is 26.8 Å². The maximum atomic E-state index is 5.75. The van der Waals surface area contributed by atoms with E-state index >= 15 is 0 Å². The fraction of sp³-hybridized carbons (Fsp3) is 0.0833. The molecule has 0 saturated heterocycles. The number of hydrogen-bond donors (Lipinski definition) is 1. The number of methoxy groups -OCH3 is 1. The summed E-state index contributed by atoms with van der Waals surface area (Å²) in [5.74, 6) is 0.332. The van der Waals surface area contributed by atoms with Crippen LogP contribution < -0.4 is 10.1 Å². The number of aromatic nitrogens is 3. The first kappa shape index (κ1) is 12.3. The highest BCUT2D eigenvalue weighted by atomic mass is 35.5. The van der Waals surface area contributed by atoms with E-state index < -0.39 is 0 Å². The van der Waals surface area contributed by atoms with Gasteiger partial charge in [0, 0.05) is 5.69 Å². The molecular weight excluding hydrogens is 252 g/mol. The van der Waals surface area contributed by atoms with Gasteiger partial charge in [-0.15, -0.1) is 0 Å². The van der Waals surface area contributed by atoms with Crippen LogP contribution in [0.1, 0.15) is 5.56 Å². The standard InChI is InChI=1S/C12H11ClN4O/c1-3-8-4-6-9(7-5-8)14-11-15-10(13)16-12(17-11)18-2/h3-7H,1H2,2H3,(H,14,15,16,17). The van der Waals surface area contributed by atoms with Gasteiger partial charge < -0.3 is 10.1 Å². The zero-order valence-electron chi connectivity index (χ0n) is 9.72. The van der Waals surface area contributed by atoms with Crippen LogP contribution in [-0.4, -0.2) is 22.1 Å². The number of benzene rings is 1. The molecular formula is C12H11ClN4O. The zero-order valence-corrected chi connectivity index (χ0v) is 10.5. The summed E-state index contributed by atoms with van der Waals surface area (Å²) in [6.07, 6.45) is 1.77. The minimum absolute atomic E-state index is 0.0760. The van der Waals surface area contributed by atoms with Crippen LogP contribution in [0, 0.1) is 0 Å². The number of anilines is 2. The summed E-state index contributed by atoms with van der Waals surface area (Å²) in [4.78, 5) is 11.8. The summed E-state index contributed by atoms with van der Waals surface area (Å²) in [6, 6.07) is 7.80. The second-order valence-electron chi connectivity index (χ2n) is 3.37. The molecule has 0 amide bonds. The molecule has 1 N–H and O–H groups in total. The van der Waals surface area contributed by atoms with Crippen molar-refractivity contribution in [2.75, 3.05) is 12.4 Å². The van der Waals surface area contributed by atoms with Crippen LogP contribution in [-0.2, 0) is 0 Å². The van der Waals surface area contributed by atoms with Gasteiger partial charge in [0.15, 0.2) is 0 Å². The van der Waals surface area contributed by atoms with E-state index in [1.54, 1.807) is 6.08 Å². The number of rotatable bonds is 4. The smallest absolute Gasteiger partial charge is 0.322 e. The summed E-state index contributed by atoms with van der Waals surface area (Å²) in [7, 11) is 1.47. The third-order valence-electron chi connectivity index (χ3n) is 2.17. The van der Waals surface area contributed by atoms with Crippen LogP contribution in [0.4, 0.5) is 11.6 Å². The highest BCUT2D eigenvalue weighted by Gasteiger charge is 2.05. The zero-order chi connectivity index (χ0) is 13.0. The van der Waals surface area contributed by atoms with Gasteiger partial charge in [-0.1, -0.05) is 24.8 Å². The molecule has 0 aliphatic carbocycles. The predicted molar refractivity (Wildman–Crippen MR) is 71.2 cm³/mol. The molecule has 18 heavy (non-hydrogen) atoms. The first-order valence-electron chi connectivity index (χ1n) is 5.16. The second-order valence-corrected chi connectivity index (χ2v) is 3.70. The molecule has 1 heterocycles. The molecule has 2 aromatic rings. The van der Waals surface area contributed by atoms with Gasteiger partial charge in [-0.25, -0.2) is 0 Å². The predicted octanol–water partition coefficient (Wildman–Crippen LogP) is 2.92. The van der Waals surface area contributed by atoms with Crippen LogP contribution in [0.3, 0.4) is 0 Å². The maximum Gasteiger partial charge on any atom is 0.322 e. The Labute approximate surface area is 110 Å². The quantitative estimate of drug-likeness (QED) is 0.918. The van der Waals surface area contributed by atoms with E-state index in [-0.39, 0.29) is 11.3 Å². The number of nitrogens with one attached hydrogen (secondary N) is 1. The normalized spacial score (nSPS) is 9.89. The van der Waals surface area contributed by atoms with Crippen molar-refractivity contribution in [3.05, 3.63) is 41.7 Å². The van der Waals surface area contributed by atoms with Crippen LogP contribution in [0.5, 0.6) is 6.01 Å². The SMILES string of the molecule is C=Cc1ccc(Nc2nc(Cl)nc(OC)n2)cc1. The van der Waals surface area contributed by atoms with Gasteiger partial charge in [0.1, 0.15) is 0 Å². The average Bonchev–Trinajstić information content (AvgIpc) is 2.39. The molecule has 0 saturated carbocycles. The number of nitrogens with zero attached hydrogens (tertiary/aromatic N) is 3. The molecule has 0 fully saturated rings. The Kier molecular flexibility index (Phi) is 3.74. The molecule has 1 aromatic heterocycles. The first-order valence-corrected chi connectivity index (χ1v) is 5.54. The Hall–Kier alpha value is -2.14. The van der Waals surface area contributed by atoms with Crippen molar-refractivity contribution in [3.8, 4) is 6.01 Å². The van der Waals surface area contributed by atoms with Crippen LogP contribution in [0.25, 0.3) is 6.08 Å². The summed E-state index contributed by atoms with van der Waals surface area (Å²) in [6.45, 7) is 3.69. The van der Waals surface area contributed by atoms with Gasteiger partial charge in [0.2, 0.25) is 11.2 Å². The lowest BCUT2D eigenvalue weighted by Gasteiger charge is -2.06. The third kappa shape index (κ3) is 2.95. The van der Waals surface area contributed by atoms with Crippen molar-refractivity contribution >= 4 is 29.3 Å². The summed E-state index contributed by atoms with van der Waals surface area (Å²) >= 11 is 5.75.